The van der Waals surface area contributed by atoms with Gasteiger partial charge in [0.05, 0.1) is 13.7 Å². The van der Waals surface area contributed by atoms with Crippen molar-refractivity contribution in [3.63, 3.8) is 0 Å². The Morgan fingerprint density at radius 3 is 2.55 bits per heavy atom. The molecule has 1 fully saturated rings. The monoisotopic (exact) mass is 419 g/mol. The van der Waals surface area contributed by atoms with Gasteiger partial charge in [0.15, 0.2) is 0 Å². The summed E-state index contributed by atoms with van der Waals surface area (Å²) in [7, 11) is 1.70. The lowest BCUT2D eigenvalue weighted by Gasteiger charge is -2.35. The van der Waals surface area contributed by atoms with Crippen molar-refractivity contribution in [2.75, 3.05) is 49.2 Å². The molecule has 2 aromatic carbocycles. The first kappa shape index (κ1) is 20.9. The summed E-state index contributed by atoms with van der Waals surface area (Å²) in [5.41, 5.74) is 10.5. The first-order valence-electron chi connectivity index (χ1n) is 10.5. The quantitative estimate of drug-likeness (QED) is 0.630. The van der Waals surface area contributed by atoms with Gasteiger partial charge in [0, 0.05) is 43.6 Å². The lowest BCUT2D eigenvalue weighted by molar-refractivity contribution is 0.244. The predicted molar refractivity (Wildman–Crippen MR) is 124 cm³/mol. The number of nitrogens with two attached hydrogens (primary N) is 1. The SMILES string of the molecule is COc1cccc(N2CCN(Cc3nc(N)nc(Nc4ccc(C)cc4C)n3)CC2)c1. The van der Waals surface area contributed by atoms with E-state index in [1.54, 1.807) is 7.11 Å². The highest BCUT2D eigenvalue weighted by atomic mass is 16.5. The van der Waals surface area contributed by atoms with E-state index in [1.165, 1.54) is 11.3 Å². The van der Waals surface area contributed by atoms with Gasteiger partial charge in [0.2, 0.25) is 11.9 Å². The second-order valence-electron chi connectivity index (χ2n) is 7.84. The Bertz CT molecular complexity index is 1050. The maximum atomic E-state index is 5.96. The standard InChI is InChI=1S/C23H29N7O/c1-16-7-8-20(17(2)13-16)25-23-27-21(26-22(24)28-23)15-29-9-11-30(12-10-29)18-5-4-6-19(14-18)31-3/h4-8,13-14H,9-12,15H2,1-3H3,(H3,24,25,26,27,28). The smallest absolute Gasteiger partial charge is 0.232 e. The molecule has 1 aromatic heterocycles. The first-order valence-corrected chi connectivity index (χ1v) is 10.5. The van der Waals surface area contributed by atoms with E-state index in [4.69, 9.17) is 10.5 Å². The molecule has 0 bridgehead atoms. The molecule has 3 N–H and O–H groups in total. The zero-order valence-electron chi connectivity index (χ0n) is 18.3. The lowest BCUT2D eigenvalue weighted by atomic mass is 10.1. The zero-order chi connectivity index (χ0) is 21.8. The number of ether oxygens (including phenoxy) is 1. The van der Waals surface area contributed by atoms with E-state index in [2.05, 4.69) is 68.2 Å². The van der Waals surface area contributed by atoms with Gasteiger partial charge >= 0.3 is 0 Å². The molecule has 0 spiro atoms. The van der Waals surface area contributed by atoms with E-state index in [-0.39, 0.29) is 5.95 Å². The van der Waals surface area contributed by atoms with Crippen LogP contribution in [0, 0.1) is 13.8 Å². The van der Waals surface area contributed by atoms with E-state index in [1.807, 2.05) is 18.2 Å². The fourth-order valence-corrected chi connectivity index (χ4v) is 3.81. The molecule has 3 aromatic rings. The van der Waals surface area contributed by atoms with Crippen molar-refractivity contribution >= 4 is 23.3 Å². The Morgan fingerprint density at radius 1 is 1.00 bits per heavy atom. The number of methoxy groups -OCH3 is 1. The van der Waals surface area contributed by atoms with Crippen molar-refractivity contribution in [3.05, 3.63) is 59.4 Å². The zero-order valence-corrected chi connectivity index (χ0v) is 18.3. The maximum Gasteiger partial charge on any atom is 0.232 e. The normalized spacial score (nSPS) is 14.5. The van der Waals surface area contributed by atoms with Crippen LogP contribution in [0.2, 0.25) is 0 Å². The molecule has 0 amide bonds. The molecule has 0 saturated carbocycles. The lowest BCUT2D eigenvalue weighted by Crippen LogP contribution is -2.46. The van der Waals surface area contributed by atoms with Gasteiger partial charge in [-0.25, -0.2) is 0 Å². The van der Waals surface area contributed by atoms with Crippen LogP contribution in [0.25, 0.3) is 0 Å². The molecule has 0 aliphatic carbocycles. The summed E-state index contributed by atoms with van der Waals surface area (Å²) in [4.78, 5) is 17.9. The maximum absolute atomic E-state index is 5.96. The highest BCUT2D eigenvalue weighted by molar-refractivity contribution is 5.59. The van der Waals surface area contributed by atoms with Crippen molar-refractivity contribution in [2.24, 2.45) is 0 Å². The Balaban J connectivity index is 1.39. The van der Waals surface area contributed by atoms with Crippen LogP contribution in [-0.4, -0.2) is 53.1 Å². The Kier molecular flexibility index (Phi) is 6.18. The van der Waals surface area contributed by atoms with E-state index in [0.717, 1.165) is 43.2 Å². The number of piperazine rings is 1. The van der Waals surface area contributed by atoms with Crippen LogP contribution in [0.15, 0.2) is 42.5 Å². The van der Waals surface area contributed by atoms with Gasteiger partial charge in [0.25, 0.3) is 0 Å². The molecule has 162 valence electrons. The second kappa shape index (κ2) is 9.18. The highest BCUT2D eigenvalue weighted by Crippen LogP contribution is 2.23. The van der Waals surface area contributed by atoms with Crippen molar-refractivity contribution in [1.29, 1.82) is 0 Å². The van der Waals surface area contributed by atoms with Crippen molar-refractivity contribution in [1.82, 2.24) is 19.9 Å². The van der Waals surface area contributed by atoms with Crippen LogP contribution in [-0.2, 0) is 6.54 Å². The summed E-state index contributed by atoms with van der Waals surface area (Å²) in [5.74, 6) is 2.26. The number of benzene rings is 2. The van der Waals surface area contributed by atoms with E-state index < -0.39 is 0 Å². The fourth-order valence-electron chi connectivity index (χ4n) is 3.81. The third kappa shape index (κ3) is 5.21. The molecule has 0 radical (unpaired) electrons. The number of hydrogen-bond donors (Lipinski definition) is 2. The van der Waals surface area contributed by atoms with Crippen molar-refractivity contribution in [2.45, 2.75) is 20.4 Å². The van der Waals surface area contributed by atoms with Gasteiger partial charge < -0.3 is 20.7 Å². The number of nitrogens with zero attached hydrogens (tertiary/aromatic N) is 5. The summed E-state index contributed by atoms with van der Waals surface area (Å²) in [6.45, 7) is 8.47. The summed E-state index contributed by atoms with van der Waals surface area (Å²) in [6, 6.07) is 14.4. The third-order valence-corrected chi connectivity index (χ3v) is 5.48. The molecule has 4 rings (SSSR count). The number of hydrogen-bond acceptors (Lipinski definition) is 8. The summed E-state index contributed by atoms with van der Waals surface area (Å²) in [5, 5.41) is 3.28. The molecule has 0 unspecified atom stereocenters. The number of rotatable bonds is 6. The Labute approximate surface area is 183 Å². The molecular formula is C23H29N7O. The Morgan fingerprint density at radius 2 is 1.81 bits per heavy atom. The number of nitrogens with one attached hydrogen (secondary N) is 1. The number of anilines is 4. The molecule has 1 saturated heterocycles. The van der Waals surface area contributed by atoms with Crippen LogP contribution in [0.3, 0.4) is 0 Å². The van der Waals surface area contributed by atoms with Crippen LogP contribution in [0.1, 0.15) is 17.0 Å². The van der Waals surface area contributed by atoms with Gasteiger partial charge in [-0.2, -0.15) is 15.0 Å². The number of aryl methyl sites for hydroxylation is 2. The molecule has 8 nitrogen and oxygen atoms in total. The van der Waals surface area contributed by atoms with E-state index in [0.29, 0.717) is 18.3 Å². The minimum absolute atomic E-state index is 0.229. The molecule has 0 atom stereocenters. The van der Waals surface area contributed by atoms with Gasteiger partial charge in [-0.1, -0.05) is 23.8 Å². The van der Waals surface area contributed by atoms with Crippen LogP contribution < -0.4 is 20.7 Å². The predicted octanol–water partition coefficient (Wildman–Crippen LogP) is 3.15. The summed E-state index contributed by atoms with van der Waals surface area (Å²) in [6.07, 6.45) is 0. The minimum atomic E-state index is 0.229. The first-order chi connectivity index (χ1) is 15.0. The minimum Gasteiger partial charge on any atom is -0.497 e. The number of nitrogen functional groups attached to an aromatic ring is 1. The number of aromatic nitrogens is 3. The summed E-state index contributed by atoms with van der Waals surface area (Å²) < 4.78 is 5.35. The van der Waals surface area contributed by atoms with Gasteiger partial charge in [-0.3, -0.25) is 4.90 Å². The Hall–Kier alpha value is -3.39. The fraction of sp³-hybridized carbons (Fsp3) is 0.348. The van der Waals surface area contributed by atoms with Crippen molar-refractivity contribution in [3.8, 4) is 5.75 Å². The third-order valence-electron chi connectivity index (χ3n) is 5.48. The second-order valence-corrected chi connectivity index (χ2v) is 7.84. The van der Waals surface area contributed by atoms with Gasteiger partial charge in [0.1, 0.15) is 11.6 Å². The topological polar surface area (TPSA) is 92.4 Å². The summed E-state index contributed by atoms with van der Waals surface area (Å²) >= 11 is 0. The van der Waals surface area contributed by atoms with E-state index in [9.17, 15) is 0 Å². The van der Waals surface area contributed by atoms with Gasteiger partial charge in [-0.15, -0.1) is 0 Å². The molecule has 1 aliphatic rings. The molecular weight excluding hydrogens is 390 g/mol. The van der Waals surface area contributed by atoms with E-state index >= 15 is 0 Å². The largest absolute Gasteiger partial charge is 0.497 e. The average molecular weight is 420 g/mol. The van der Waals surface area contributed by atoms with Crippen LogP contribution in [0.5, 0.6) is 5.75 Å². The average Bonchev–Trinajstić information content (AvgIpc) is 2.76. The molecule has 8 heteroatoms. The molecule has 2 heterocycles. The van der Waals surface area contributed by atoms with Crippen LogP contribution >= 0.6 is 0 Å². The van der Waals surface area contributed by atoms with Crippen molar-refractivity contribution < 1.29 is 4.74 Å². The van der Waals surface area contributed by atoms with Crippen LogP contribution in [0.4, 0.5) is 23.3 Å². The molecule has 1 aliphatic heterocycles. The molecule has 31 heavy (non-hydrogen) atoms. The van der Waals surface area contributed by atoms with Gasteiger partial charge in [-0.05, 0) is 37.6 Å². The highest BCUT2D eigenvalue weighted by Gasteiger charge is 2.19.